The summed E-state index contributed by atoms with van der Waals surface area (Å²) in [6.07, 6.45) is 1.96. The fraction of sp³-hybridized carbons (Fsp3) is 0.417. The summed E-state index contributed by atoms with van der Waals surface area (Å²) in [6, 6.07) is 4.88. The first kappa shape index (κ1) is 12.2. The highest BCUT2D eigenvalue weighted by Gasteiger charge is 2.17. The van der Waals surface area contributed by atoms with E-state index in [2.05, 4.69) is 5.32 Å². The quantitative estimate of drug-likeness (QED) is 0.872. The van der Waals surface area contributed by atoms with Crippen LogP contribution in [0, 0.1) is 0 Å². The first-order valence-electron chi connectivity index (χ1n) is 5.54. The first-order valence-corrected chi connectivity index (χ1v) is 5.92. The number of hydrogen-bond donors (Lipinski definition) is 2. The number of ether oxygens (including phenoxy) is 1. The molecule has 1 aliphatic rings. The van der Waals surface area contributed by atoms with Gasteiger partial charge in [-0.2, -0.15) is 0 Å². The van der Waals surface area contributed by atoms with Crippen LogP contribution in [-0.4, -0.2) is 30.3 Å². The molecule has 1 aliphatic heterocycles. The van der Waals surface area contributed by atoms with Crippen molar-refractivity contribution in [2.45, 2.75) is 18.9 Å². The molecule has 1 aromatic rings. The Morgan fingerprint density at radius 2 is 2.35 bits per heavy atom. The van der Waals surface area contributed by atoms with Crippen molar-refractivity contribution in [2.24, 2.45) is 0 Å². The van der Waals surface area contributed by atoms with Crippen molar-refractivity contribution in [1.29, 1.82) is 0 Å². The van der Waals surface area contributed by atoms with Gasteiger partial charge in [0.05, 0.1) is 17.9 Å². The zero-order valence-electron chi connectivity index (χ0n) is 9.28. The van der Waals surface area contributed by atoms with Crippen LogP contribution in [0.1, 0.15) is 23.2 Å². The van der Waals surface area contributed by atoms with Crippen molar-refractivity contribution in [3.05, 3.63) is 28.8 Å². The molecule has 1 aromatic carbocycles. The van der Waals surface area contributed by atoms with E-state index in [0.717, 1.165) is 19.4 Å². The van der Waals surface area contributed by atoms with Crippen molar-refractivity contribution >= 4 is 23.3 Å². The molecule has 2 N–H and O–H groups in total. The number of carboxylic acids is 1. The molecule has 0 spiro atoms. The van der Waals surface area contributed by atoms with Crippen LogP contribution >= 0.6 is 11.6 Å². The van der Waals surface area contributed by atoms with Gasteiger partial charge in [-0.05, 0) is 31.0 Å². The maximum absolute atomic E-state index is 11.1. The molecule has 1 fully saturated rings. The lowest BCUT2D eigenvalue weighted by atomic mass is 10.1. The van der Waals surface area contributed by atoms with Crippen LogP contribution in [0.15, 0.2) is 18.2 Å². The van der Waals surface area contributed by atoms with Crippen molar-refractivity contribution in [3.8, 4) is 0 Å². The zero-order valence-corrected chi connectivity index (χ0v) is 10.0. The lowest BCUT2D eigenvalue weighted by Gasteiger charge is -2.24. The predicted octanol–water partition coefficient (Wildman–Crippen LogP) is 2.63. The fourth-order valence-corrected chi connectivity index (χ4v) is 2.07. The minimum absolute atomic E-state index is 0.153. The summed E-state index contributed by atoms with van der Waals surface area (Å²) < 4.78 is 5.34. The van der Waals surface area contributed by atoms with Gasteiger partial charge in [-0.3, -0.25) is 0 Å². The van der Waals surface area contributed by atoms with Crippen molar-refractivity contribution in [1.82, 2.24) is 0 Å². The Bertz CT molecular complexity index is 416. The number of halogens is 1. The van der Waals surface area contributed by atoms with Gasteiger partial charge in [-0.1, -0.05) is 11.6 Å². The van der Waals surface area contributed by atoms with Gasteiger partial charge in [0.15, 0.2) is 0 Å². The second kappa shape index (κ2) is 5.38. The number of hydrogen-bond acceptors (Lipinski definition) is 3. The van der Waals surface area contributed by atoms with E-state index in [1.165, 1.54) is 6.07 Å². The highest BCUT2D eigenvalue weighted by Crippen LogP contribution is 2.23. The molecule has 17 heavy (non-hydrogen) atoms. The van der Waals surface area contributed by atoms with Crippen LogP contribution in [0.2, 0.25) is 5.02 Å². The Morgan fingerprint density at radius 3 is 3.00 bits per heavy atom. The lowest BCUT2D eigenvalue weighted by Crippen LogP contribution is -2.30. The summed E-state index contributed by atoms with van der Waals surface area (Å²) in [5.74, 6) is -0.958. The number of nitrogens with one attached hydrogen (secondary N) is 1. The van der Waals surface area contributed by atoms with E-state index in [1.54, 1.807) is 12.1 Å². The molecule has 0 saturated carbocycles. The molecule has 4 nitrogen and oxygen atoms in total. The SMILES string of the molecule is O=C(O)c1ccc(Cl)cc1NC1CCCOC1. The van der Waals surface area contributed by atoms with E-state index in [4.69, 9.17) is 21.4 Å². The number of carboxylic acid groups (broad SMARTS) is 1. The molecular weight excluding hydrogens is 242 g/mol. The Balaban J connectivity index is 2.17. The molecule has 0 aromatic heterocycles. The van der Waals surface area contributed by atoms with E-state index in [1.807, 2.05) is 0 Å². The van der Waals surface area contributed by atoms with E-state index >= 15 is 0 Å². The number of aromatic carboxylic acids is 1. The Labute approximate surface area is 105 Å². The Kier molecular flexibility index (Phi) is 3.86. The maximum Gasteiger partial charge on any atom is 0.337 e. The first-order chi connectivity index (χ1) is 8.16. The van der Waals surface area contributed by atoms with Crippen LogP contribution < -0.4 is 5.32 Å². The standard InChI is InChI=1S/C12H14ClNO3/c13-8-3-4-10(12(15)16)11(6-8)14-9-2-1-5-17-7-9/h3-4,6,9,14H,1-2,5,7H2,(H,15,16). The van der Waals surface area contributed by atoms with Crippen molar-refractivity contribution in [2.75, 3.05) is 18.5 Å². The molecule has 92 valence electrons. The molecule has 0 amide bonds. The lowest BCUT2D eigenvalue weighted by molar-refractivity contribution is 0.0696. The third-order valence-corrected chi connectivity index (χ3v) is 2.97. The van der Waals surface area contributed by atoms with Gasteiger partial charge in [-0.15, -0.1) is 0 Å². The van der Waals surface area contributed by atoms with Crippen molar-refractivity contribution < 1.29 is 14.6 Å². The Hall–Kier alpha value is -1.26. The maximum atomic E-state index is 11.1. The van der Waals surface area contributed by atoms with E-state index < -0.39 is 5.97 Å². The zero-order chi connectivity index (χ0) is 12.3. The van der Waals surface area contributed by atoms with Crippen LogP contribution in [0.5, 0.6) is 0 Å². The van der Waals surface area contributed by atoms with Crippen molar-refractivity contribution in [3.63, 3.8) is 0 Å². The highest BCUT2D eigenvalue weighted by atomic mass is 35.5. The third kappa shape index (κ3) is 3.11. The number of anilines is 1. The predicted molar refractivity (Wildman–Crippen MR) is 65.9 cm³/mol. The van der Waals surface area contributed by atoms with Gasteiger partial charge in [0.1, 0.15) is 0 Å². The molecular formula is C12H14ClNO3. The van der Waals surface area contributed by atoms with E-state index in [0.29, 0.717) is 17.3 Å². The molecule has 2 rings (SSSR count). The average Bonchev–Trinajstić information content (AvgIpc) is 2.30. The second-order valence-electron chi connectivity index (χ2n) is 4.05. The smallest absolute Gasteiger partial charge is 0.337 e. The molecule has 0 radical (unpaired) electrons. The van der Waals surface area contributed by atoms with Crippen LogP contribution in [-0.2, 0) is 4.74 Å². The van der Waals surface area contributed by atoms with Crippen LogP contribution in [0.3, 0.4) is 0 Å². The minimum atomic E-state index is -0.958. The minimum Gasteiger partial charge on any atom is -0.478 e. The largest absolute Gasteiger partial charge is 0.478 e. The number of rotatable bonds is 3. The number of carbonyl (C=O) groups is 1. The fourth-order valence-electron chi connectivity index (χ4n) is 1.90. The summed E-state index contributed by atoms with van der Waals surface area (Å²) in [4.78, 5) is 11.1. The summed E-state index contributed by atoms with van der Waals surface area (Å²) in [6.45, 7) is 1.38. The van der Waals surface area contributed by atoms with E-state index in [-0.39, 0.29) is 11.6 Å². The molecule has 1 saturated heterocycles. The molecule has 1 atom stereocenters. The normalized spacial score (nSPS) is 19.9. The number of benzene rings is 1. The van der Waals surface area contributed by atoms with E-state index in [9.17, 15) is 4.79 Å². The molecule has 5 heteroatoms. The van der Waals surface area contributed by atoms with Gasteiger partial charge >= 0.3 is 5.97 Å². The van der Waals surface area contributed by atoms with Gasteiger partial charge in [0, 0.05) is 17.7 Å². The summed E-state index contributed by atoms with van der Waals surface area (Å²) in [7, 11) is 0. The molecule has 1 unspecified atom stereocenters. The van der Waals surface area contributed by atoms with Gasteiger partial charge in [0.2, 0.25) is 0 Å². The average molecular weight is 256 g/mol. The molecule has 1 heterocycles. The third-order valence-electron chi connectivity index (χ3n) is 2.73. The topological polar surface area (TPSA) is 58.6 Å². The van der Waals surface area contributed by atoms with Gasteiger partial charge in [0.25, 0.3) is 0 Å². The summed E-state index contributed by atoms with van der Waals surface area (Å²) in [5, 5.41) is 12.8. The molecule has 0 aliphatic carbocycles. The summed E-state index contributed by atoms with van der Waals surface area (Å²) >= 11 is 5.88. The monoisotopic (exact) mass is 255 g/mol. The second-order valence-corrected chi connectivity index (χ2v) is 4.49. The van der Waals surface area contributed by atoms with Crippen LogP contribution in [0.25, 0.3) is 0 Å². The summed E-state index contributed by atoms with van der Waals surface area (Å²) in [5.41, 5.74) is 0.792. The molecule has 0 bridgehead atoms. The Morgan fingerprint density at radius 1 is 1.53 bits per heavy atom. The van der Waals surface area contributed by atoms with Gasteiger partial charge in [-0.25, -0.2) is 4.79 Å². The van der Waals surface area contributed by atoms with Gasteiger partial charge < -0.3 is 15.2 Å². The highest BCUT2D eigenvalue weighted by molar-refractivity contribution is 6.31. The van der Waals surface area contributed by atoms with Crippen LogP contribution in [0.4, 0.5) is 5.69 Å².